The number of nitrogens with one attached hydrogen (secondary N) is 1. The second-order valence-corrected chi connectivity index (χ2v) is 6.00. The number of amides is 1. The highest BCUT2D eigenvalue weighted by Gasteiger charge is 2.17. The summed E-state index contributed by atoms with van der Waals surface area (Å²) < 4.78 is 13.7. The molecule has 0 atom stereocenters. The maximum Gasteiger partial charge on any atom is 0.275 e. The Hall–Kier alpha value is -2.61. The monoisotopic (exact) mass is 330 g/mol. The van der Waals surface area contributed by atoms with E-state index in [1.807, 2.05) is 19.1 Å². The molecular weight excluding hydrogens is 316 g/mol. The number of ether oxygens (including phenoxy) is 2. The standard InChI is InChI=1S/C15H14N4O3S/c1-2-19-10(3-4-16-19)14(20)18-15-17-9-7-11-12(8-13(9)23-15)22-6-5-21-11/h3-4,7-8H,2,5-6H2,1H3,(H,17,18,20). The number of carbonyl (C=O) groups excluding carboxylic acids is 1. The van der Waals surface area contributed by atoms with Crippen molar-refractivity contribution in [1.29, 1.82) is 0 Å². The highest BCUT2D eigenvalue weighted by atomic mass is 32.1. The van der Waals surface area contributed by atoms with Crippen LogP contribution in [0.5, 0.6) is 11.5 Å². The molecule has 1 amide bonds. The summed E-state index contributed by atoms with van der Waals surface area (Å²) in [4.78, 5) is 16.8. The number of rotatable bonds is 3. The molecule has 0 bridgehead atoms. The summed E-state index contributed by atoms with van der Waals surface area (Å²) >= 11 is 1.40. The van der Waals surface area contributed by atoms with Crippen molar-refractivity contribution in [2.75, 3.05) is 18.5 Å². The summed E-state index contributed by atoms with van der Waals surface area (Å²) in [7, 11) is 0. The Bertz CT molecular complexity index is 843. The highest BCUT2D eigenvalue weighted by molar-refractivity contribution is 7.22. The number of hydrogen-bond donors (Lipinski definition) is 1. The van der Waals surface area contributed by atoms with Crippen LogP contribution in [0.4, 0.5) is 5.13 Å². The van der Waals surface area contributed by atoms with Crippen LogP contribution in [0.25, 0.3) is 10.2 Å². The minimum atomic E-state index is -0.222. The van der Waals surface area contributed by atoms with Gasteiger partial charge in [0, 0.05) is 24.9 Å². The van der Waals surface area contributed by atoms with E-state index in [1.54, 1.807) is 16.9 Å². The van der Waals surface area contributed by atoms with E-state index in [9.17, 15) is 4.79 Å². The van der Waals surface area contributed by atoms with E-state index in [0.717, 1.165) is 10.2 Å². The van der Waals surface area contributed by atoms with E-state index >= 15 is 0 Å². The van der Waals surface area contributed by atoms with E-state index in [0.29, 0.717) is 42.1 Å². The van der Waals surface area contributed by atoms with Gasteiger partial charge in [0.15, 0.2) is 16.6 Å². The smallest absolute Gasteiger partial charge is 0.275 e. The molecule has 0 fully saturated rings. The third kappa shape index (κ3) is 2.50. The van der Waals surface area contributed by atoms with Crippen LogP contribution in [0, 0.1) is 0 Å². The van der Waals surface area contributed by atoms with Gasteiger partial charge in [-0.05, 0) is 13.0 Å². The second kappa shape index (κ2) is 5.54. The summed E-state index contributed by atoms with van der Waals surface area (Å²) in [6.45, 7) is 3.65. The predicted molar refractivity (Wildman–Crippen MR) is 86.5 cm³/mol. The quantitative estimate of drug-likeness (QED) is 0.798. The SMILES string of the molecule is CCn1nccc1C(=O)Nc1nc2cc3c(cc2s1)OCCO3. The topological polar surface area (TPSA) is 78.3 Å². The van der Waals surface area contributed by atoms with Crippen LogP contribution in [0.15, 0.2) is 24.4 Å². The van der Waals surface area contributed by atoms with Gasteiger partial charge < -0.3 is 9.47 Å². The van der Waals surface area contributed by atoms with Gasteiger partial charge in [-0.3, -0.25) is 14.8 Å². The Morgan fingerprint density at radius 3 is 2.91 bits per heavy atom. The van der Waals surface area contributed by atoms with Gasteiger partial charge >= 0.3 is 0 Å². The minimum Gasteiger partial charge on any atom is -0.486 e. The van der Waals surface area contributed by atoms with Crippen molar-refractivity contribution in [1.82, 2.24) is 14.8 Å². The van der Waals surface area contributed by atoms with E-state index in [1.165, 1.54) is 11.3 Å². The third-order valence-corrected chi connectivity index (χ3v) is 4.46. The molecule has 0 unspecified atom stereocenters. The van der Waals surface area contributed by atoms with Crippen LogP contribution in [0.1, 0.15) is 17.4 Å². The molecule has 8 heteroatoms. The fraction of sp³-hybridized carbons (Fsp3) is 0.267. The highest BCUT2D eigenvalue weighted by Crippen LogP contribution is 2.37. The van der Waals surface area contributed by atoms with Gasteiger partial charge in [-0.15, -0.1) is 0 Å². The zero-order valence-corrected chi connectivity index (χ0v) is 13.2. The maximum atomic E-state index is 12.3. The van der Waals surface area contributed by atoms with Crippen molar-refractivity contribution < 1.29 is 14.3 Å². The molecule has 0 radical (unpaired) electrons. The van der Waals surface area contributed by atoms with E-state index in [-0.39, 0.29) is 5.91 Å². The zero-order chi connectivity index (χ0) is 15.8. The number of nitrogens with zero attached hydrogens (tertiary/aromatic N) is 3. The van der Waals surface area contributed by atoms with Crippen LogP contribution in [-0.4, -0.2) is 33.9 Å². The predicted octanol–water partition coefficient (Wildman–Crippen LogP) is 2.54. The van der Waals surface area contributed by atoms with E-state index in [4.69, 9.17) is 9.47 Å². The number of hydrogen-bond acceptors (Lipinski definition) is 6. The number of fused-ring (bicyclic) bond motifs is 2. The Kier molecular flexibility index (Phi) is 3.38. The first-order valence-corrected chi connectivity index (χ1v) is 8.09. The van der Waals surface area contributed by atoms with Crippen LogP contribution in [0.3, 0.4) is 0 Å². The molecule has 0 aliphatic carbocycles. The summed E-state index contributed by atoms with van der Waals surface area (Å²) in [5.41, 5.74) is 1.29. The summed E-state index contributed by atoms with van der Waals surface area (Å²) in [6, 6.07) is 5.42. The maximum absolute atomic E-state index is 12.3. The summed E-state index contributed by atoms with van der Waals surface area (Å²) in [5, 5.41) is 7.46. The van der Waals surface area contributed by atoms with Crippen molar-refractivity contribution in [2.24, 2.45) is 0 Å². The number of carbonyl (C=O) groups is 1. The van der Waals surface area contributed by atoms with Crippen molar-refractivity contribution >= 4 is 32.6 Å². The first kappa shape index (κ1) is 14.0. The van der Waals surface area contributed by atoms with Crippen LogP contribution < -0.4 is 14.8 Å². The third-order valence-electron chi connectivity index (χ3n) is 3.52. The number of thiazole rings is 1. The molecule has 4 rings (SSSR count). The Morgan fingerprint density at radius 1 is 1.35 bits per heavy atom. The molecule has 1 aliphatic rings. The fourth-order valence-corrected chi connectivity index (χ4v) is 3.33. The van der Waals surface area contributed by atoms with Gasteiger partial charge in [-0.1, -0.05) is 11.3 Å². The van der Waals surface area contributed by atoms with E-state index in [2.05, 4.69) is 15.4 Å². The molecule has 3 aromatic rings. The summed E-state index contributed by atoms with van der Waals surface area (Å²) in [5.74, 6) is 1.19. The molecule has 118 valence electrons. The first-order valence-electron chi connectivity index (χ1n) is 7.28. The number of anilines is 1. The number of benzene rings is 1. The molecule has 1 aliphatic heterocycles. The molecule has 23 heavy (non-hydrogen) atoms. The lowest BCUT2D eigenvalue weighted by atomic mass is 10.3. The normalized spacial score (nSPS) is 13.3. The lowest BCUT2D eigenvalue weighted by Gasteiger charge is -2.17. The van der Waals surface area contributed by atoms with Crippen molar-refractivity contribution in [3.8, 4) is 11.5 Å². The van der Waals surface area contributed by atoms with Crippen LogP contribution >= 0.6 is 11.3 Å². The van der Waals surface area contributed by atoms with Gasteiger partial charge in [0.05, 0.1) is 10.2 Å². The Morgan fingerprint density at radius 2 is 2.13 bits per heavy atom. The van der Waals surface area contributed by atoms with Crippen molar-refractivity contribution in [2.45, 2.75) is 13.5 Å². The second-order valence-electron chi connectivity index (χ2n) is 4.97. The molecule has 2 aromatic heterocycles. The molecule has 1 aromatic carbocycles. The van der Waals surface area contributed by atoms with Crippen molar-refractivity contribution in [3.63, 3.8) is 0 Å². The Balaban J connectivity index is 1.63. The summed E-state index contributed by atoms with van der Waals surface area (Å²) in [6.07, 6.45) is 1.61. The number of aromatic nitrogens is 3. The average molecular weight is 330 g/mol. The first-order chi connectivity index (χ1) is 11.2. The largest absolute Gasteiger partial charge is 0.486 e. The number of aryl methyl sites for hydroxylation is 1. The van der Waals surface area contributed by atoms with Crippen LogP contribution in [-0.2, 0) is 6.54 Å². The van der Waals surface area contributed by atoms with Gasteiger partial charge in [0.25, 0.3) is 5.91 Å². The molecule has 1 N–H and O–H groups in total. The van der Waals surface area contributed by atoms with Gasteiger partial charge in [-0.25, -0.2) is 4.98 Å². The minimum absolute atomic E-state index is 0.222. The molecule has 3 heterocycles. The Labute approximate surface area is 135 Å². The van der Waals surface area contributed by atoms with E-state index < -0.39 is 0 Å². The molecule has 0 spiro atoms. The van der Waals surface area contributed by atoms with Crippen LogP contribution in [0.2, 0.25) is 0 Å². The molecule has 7 nitrogen and oxygen atoms in total. The van der Waals surface area contributed by atoms with Gasteiger partial charge in [0.2, 0.25) is 0 Å². The lowest BCUT2D eigenvalue weighted by molar-refractivity contribution is 0.101. The van der Waals surface area contributed by atoms with Gasteiger partial charge in [0.1, 0.15) is 18.9 Å². The molecule has 0 saturated carbocycles. The lowest BCUT2D eigenvalue weighted by Crippen LogP contribution is -2.17. The molecular formula is C15H14N4O3S. The fourth-order valence-electron chi connectivity index (χ4n) is 2.46. The average Bonchev–Trinajstić information content (AvgIpc) is 3.18. The molecule has 0 saturated heterocycles. The van der Waals surface area contributed by atoms with Crippen molar-refractivity contribution in [3.05, 3.63) is 30.1 Å². The zero-order valence-electron chi connectivity index (χ0n) is 12.4. The van der Waals surface area contributed by atoms with Gasteiger partial charge in [-0.2, -0.15) is 5.10 Å².